The van der Waals surface area contributed by atoms with E-state index in [-0.39, 0.29) is 19.3 Å². The number of furan rings is 1. The number of para-hydroxylation sites is 1. The third-order valence-corrected chi connectivity index (χ3v) is 5.09. The van der Waals surface area contributed by atoms with Crippen LogP contribution in [0.4, 0.5) is 0 Å². The predicted molar refractivity (Wildman–Crippen MR) is 108 cm³/mol. The molecule has 0 saturated heterocycles. The van der Waals surface area contributed by atoms with Crippen molar-refractivity contribution in [1.82, 2.24) is 5.32 Å². The van der Waals surface area contributed by atoms with Crippen molar-refractivity contribution in [3.8, 4) is 5.75 Å². The molecule has 0 fully saturated rings. The van der Waals surface area contributed by atoms with Crippen LogP contribution in [0.3, 0.4) is 0 Å². The third kappa shape index (κ3) is 4.38. The number of fused-ring (bicyclic) bond motifs is 2. The predicted octanol–water partition coefficient (Wildman–Crippen LogP) is 4.06. The molecule has 3 aromatic rings. The van der Waals surface area contributed by atoms with Crippen LogP contribution < -0.4 is 10.1 Å². The van der Waals surface area contributed by atoms with Crippen LogP contribution >= 0.6 is 11.6 Å². The average molecular weight is 414 g/mol. The number of halogens is 1. The average Bonchev–Trinajstić information content (AvgIpc) is 3.16. The van der Waals surface area contributed by atoms with Gasteiger partial charge in [0.1, 0.15) is 23.7 Å². The Bertz CT molecular complexity index is 1030. The molecule has 4 rings (SSSR count). The molecule has 1 aliphatic heterocycles. The van der Waals surface area contributed by atoms with E-state index in [4.69, 9.17) is 25.5 Å². The summed E-state index contributed by atoms with van der Waals surface area (Å²) < 4.78 is 16.5. The van der Waals surface area contributed by atoms with Crippen LogP contribution in [0.5, 0.6) is 5.75 Å². The van der Waals surface area contributed by atoms with Gasteiger partial charge in [-0.05, 0) is 49.2 Å². The molecule has 0 aliphatic carbocycles. The van der Waals surface area contributed by atoms with Crippen molar-refractivity contribution in [2.24, 2.45) is 5.92 Å². The van der Waals surface area contributed by atoms with Crippen molar-refractivity contribution in [3.63, 3.8) is 0 Å². The molecule has 29 heavy (non-hydrogen) atoms. The van der Waals surface area contributed by atoms with Gasteiger partial charge in [0.25, 0.3) is 5.91 Å². The van der Waals surface area contributed by atoms with Gasteiger partial charge in [-0.3, -0.25) is 9.59 Å². The van der Waals surface area contributed by atoms with Crippen molar-refractivity contribution >= 4 is 34.4 Å². The van der Waals surface area contributed by atoms with Gasteiger partial charge in [0.15, 0.2) is 6.61 Å². The fourth-order valence-electron chi connectivity index (χ4n) is 3.34. The highest BCUT2D eigenvalue weighted by Gasteiger charge is 2.28. The van der Waals surface area contributed by atoms with Gasteiger partial charge in [0.05, 0.1) is 12.0 Å². The molecule has 2 aromatic carbocycles. The summed E-state index contributed by atoms with van der Waals surface area (Å²) in [6.45, 7) is 1.67. The van der Waals surface area contributed by atoms with Crippen molar-refractivity contribution in [1.29, 1.82) is 0 Å². The van der Waals surface area contributed by atoms with Crippen molar-refractivity contribution in [2.75, 3.05) is 13.2 Å². The molecule has 1 N–H and O–H groups in total. The standard InChI is InChI=1S/C22H20ClNO5/c1-13(20-10-14-4-2-3-5-19(14)29-20)24-21(25)12-28-22(26)16-8-15-9-17(23)6-7-18(15)27-11-16/h2-7,9-10,13,16H,8,11-12H2,1H3,(H,24,25)/t13-,16-/m1/s1. The van der Waals surface area contributed by atoms with E-state index in [0.717, 1.165) is 22.3 Å². The number of benzene rings is 2. The molecule has 1 amide bonds. The maximum absolute atomic E-state index is 12.3. The van der Waals surface area contributed by atoms with E-state index < -0.39 is 17.8 Å². The number of hydrogen-bond acceptors (Lipinski definition) is 5. The summed E-state index contributed by atoms with van der Waals surface area (Å²) in [6.07, 6.45) is 0.464. The Hall–Kier alpha value is -2.99. The van der Waals surface area contributed by atoms with E-state index in [9.17, 15) is 9.59 Å². The Kier molecular flexibility index (Phi) is 5.45. The van der Waals surface area contributed by atoms with Crippen LogP contribution in [0.2, 0.25) is 5.02 Å². The molecule has 0 unspecified atom stereocenters. The van der Waals surface area contributed by atoms with Gasteiger partial charge in [-0.15, -0.1) is 0 Å². The minimum atomic E-state index is -0.471. The SMILES string of the molecule is C[C@@H](NC(=O)COC(=O)[C@H]1COc2ccc(Cl)cc2C1)c1cc2ccccc2o1. The van der Waals surface area contributed by atoms with E-state index in [1.807, 2.05) is 37.3 Å². The van der Waals surface area contributed by atoms with Crippen LogP contribution in [-0.4, -0.2) is 25.1 Å². The largest absolute Gasteiger partial charge is 0.492 e. The number of rotatable bonds is 5. The van der Waals surface area contributed by atoms with Crippen molar-refractivity contribution < 1.29 is 23.5 Å². The topological polar surface area (TPSA) is 77.8 Å². The molecular weight excluding hydrogens is 394 g/mol. The summed E-state index contributed by atoms with van der Waals surface area (Å²) in [7, 11) is 0. The number of ether oxygens (including phenoxy) is 2. The molecule has 7 heteroatoms. The van der Waals surface area contributed by atoms with Crippen LogP contribution in [0.1, 0.15) is 24.3 Å². The van der Waals surface area contributed by atoms with Gasteiger partial charge in [-0.1, -0.05) is 29.8 Å². The van der Waals surface area contributed by atoms with Gasteiger partial charge < -0.3 is 19.2 Å². The number of carbonyl (C=O) groups excluding carboxylic acids is 2. The van der Waals surface area contributed by atoms with Gasteiger partial charge in [0.2, 0.25) is 0 Å². The summed E-state index contributed by atoms with van der Waals surface area (Å²) in [5, 5.41) is 4.33. The number of nitrogens with one attached hydrogen (secondary N) is 1. The second-order valence-corrected chi connectivity index (χ2v) is 7.48. The second-order valence-electron chi connectivity index (χ2n) is 7.05. The maximum atomic E-state index is 12.3. The van der Waals surface area contributed by atoms with Gasteiger partial charge in [-0.25, -0.2) is 0 Å². The molecule has 2 heterocycles. The summed E-state index contributed by atoms with van der Waals surface area (Å²) in [6, 6.07) is 14.5. The van der Waals surface area contributed by atoms with E-state index >= 15 is 0 Å². The number of hydrogen-bond donors (Lipinski definition) is 1. The molecule has 2 atom stereocenters. The first kappa shape index (κ1) is 19.3. The van der Waals surface area contributed by atoms with Crippen LogP contribution in [-0.2, 0) is 20.7 Å². The molecule has 1 aromatic heterocycles. The van der Waals surface area contributed by atoms with Crippen LogP contribution in [0.25, 0.3) is 11.0 Å². The first-order valence-electron chi connectivity index (χ1n) is 9.35. The zero-order chi connectivity index (χ0) is 20.4. The maximum Gasteiger partial charge on any atom is 0.313 e. The molecule has 150 valence electrons. The minimum Gasteiger partial charge on any atom is -0.492 e. The Balaban J connectivity index is 1.29. The number of carbonyl (C=O) groups is 2. The smallest absolute Gasteiger partial charge is 0.313 e. The molecule has 1 aliphatic rings. The lowest BCUT2D eigenvalue weighted by Gasteiger charge is -2.24. The molecule has 0 bridgehead atoms. The highest BCUT2D eigenvalue weighted by atomic mass is 35.5. The third-order valence-electron chi connectivity index (χ3n) is 4.86. The van der Waals surface area contributed by atoms with E-state index in [0.29, 0.717) is 17.2 Å². The fraction of sp³-hybridized carbons (Fsp3) is 0.273. The Labute approximate surface area is 172 Å². The lowest BCUT2D eigenvalue weighted by Crippen LogP contribution is -2.34. The number of esters is 1. The lowest BCUT2D eigenvalue weighted by atomic mass is 9.97. The quantitative estimate of drug-likeness (QED) is 0.638. The Morgan fingerprint density at radius 1 is 1.24 bits per heavy atom. The summed E-state index contributed by atoms with van der Waals surface area (Å²) in [5.41, 5.74) is 1.61. The zero-order valence-electron chi connectivity index (χ0n) is 15.8. The Morgan fingerprint density at radius 2 is 2.07 bits per heavy atom. The zero-order valence-corrected chi connectivity index (χ0v) is 16.6. The highest BCUT2D eigenvalue weighted by Crippen LogP contribution is 2.30. The number of amides is 1. The molecule has 0 saturated carbocycles. The lowest BCUT2D eigenvalue weighted by molar-refractivity contribution is -0.154. The Morgan fingerprint density at radius 3 is 2.90 bits per heavy atom. The molecular formula is C22H20ClNO5. The first-order chi connectivity index (χ1) is 14.0. The molecule has 0 radical (unpaired) electrons. The highest BCUT2D eigenvalue weighted by molar-refractivity contribution is 6.30. The summed E-state index contributed by atoms with van der Waals surface area (Å²) in [5.74, 6) is 0.0195. The van der Waals surface area contributed by atoms with Gasteiger partial charge >= 0.3 is 5.97 Å². The molecule has 6 nitrogen and oxygen atoms in total. The van der Waals surface area contributed by atoms with Crippen molar-refractivity contribution in [3.05, 3.63) is 64.9 Å². The first-order valence-corrected chi connectivity index (χ1v) is 9.73. The van der Waals surface area contributed by atoms with Gasteiger partial charge in [-0.2, -0.15) is 0 Å². The van der Waals surface area contributed by atoms with E-state index in [1.54, 1.807) is 18.2 Å². The van der Waals surface area contributed by atoms with Crippen molar-refractivity contribution in [2.45, 2.75) is 19.4 Å². The monoisotopic (exact) mass is 413 g/mol. The minimum absolute atomic E-state index is 0.213. The van der Waals surface area contributed by atoms with Crippen LogP contribution in [0.15, 0.2) is 52.9 Å². The molecule has 0 spiro atoms. The summed E-state index contributed by atoms with van der Waals surface area (Å²) >= 11 is 6.00. The second kappa shape index (κ2) is 8.17. The summed E-state index contributed by atoms with van der Waals surface area (Å²) in [4.78, 5) is 24.5. The normalized spacial score (nSPS) is 16.6. The van der Waals surface area contributed by atoms with Gasteiger partial charge in [0, 0.05) is 10.4 Å². The van der Waals surface area contributed by atoms with E-state index in [1.165, 1.54) is 0 Å². The van der Waals surface area contributed by atoms with E-state index in [2.05, 4.69) is 5.32 Å². The van der Waals surface area contributed by atoms with Crippen LogP contribution in [0, 0.1) is 5.92 Å². The fourth-order valence-corrected chi connectivity index (χ4v) is 3.53.